The molecule has 3 aromatic carbocycles. The van der Waals surface area contributed by atoms with Gasteiger partial charge in [-0.05, 0) is 105 Å². The average molecular weight is 575 g/mol. The fourth-order valence-corrected chi connectivity index (χ4v) is 6.26. The van der Waals surface area contributed by atoms with E-state index in [-0.39, 0.29) is 18.0 Å². The number of carbonyl (C=O) groups excluding carboxylic acids is 2. The summed E-state index contributed by atoms with van der Waals surface area (Å²) in [7, 11) is 0. The summed E-state index contributed by atoms with van der Waals surface area (Å²) in [6.07, 6.45) is 4.45. The fraction of sp³-hybridized carbons (Fsp3) is 0.312. The maximum Gasteiger partial charge on any atom is 0.243 e. The molecule has 0 radical (unpaired) electrons. The van der Waals surface area contributed by atoms with Gasteiger partial charge in [-0.25, -0.2) is 5.48 Å². The van der Waals surface area contributed by atoms with Crippen LogP contribution in [0.2, 0.25) is 0 Å². The first kappa shape index (κ1) is 28.6. The Kier molecular flexibility index (Phi) is 9.51. The highest BCUT2D eigenvalue weighted by Gasteiger charge is 2.22. The summed E-state index contributed by atoms with van der Waals surface area (Å²) in [5, 5.41) is 19.5. The Morgan fingerprint density at radius 3 is 2.27 bits per heavy atom. The highest BCUT2D eigenvalue weighted by atomic mass is 32.1. The van der Waals surface area contributed by atoms with E-state index in [1.807, 2.05) is 36.4 Å². The highest BCUT2D eigenvalue weighted by Crippen LogP contribution is 2.41. The second kappa shape index (κ2) is 13.6. The molecule has 8 nitrogen and oxygen atoms in total. The monoisotopic (exact) mass is 574 g/mol. The Hall–Kier alpha value is -3.92. The maximum absolute atomic E-state index is 13.9. The highest BCUT2D eigenvalue weighted by molar-refractivity contribution is 7.22. The van der Waals surface area contributed by atoms with Crippen molar-refractivity contribution < 1.29 is 29.4 Å². The first-order chi connectivity index (χ1) is 20.0. The van der Waals surface area contributed by atoms with Crippen LogP contribution in [0.1, 0.15) is 48.0 Å². The standard InChI is InChI=1S/C32H34N2O6S/c35-24-10-15-27-28(21-24)41-32(23-8-13-25(14-9-23)39-19-4-5-29(36)33-38)30(27)31(37)22-6-11-26(12-7-22)40-20-18-34-16-2-1-3-17-34/h6-15,21,35,38H,1-5,16-20H2,(H,33,36). The number of aromatic hydroxyl groups is 1. The van der Waals surface area contributed by atoms with Gasteiger partial charge in [-0.2, -0.15) is 0 Å². The minimum absolute atomic E-state index is 0.0979. The Morgan fingerprint density at radius 1 is 0.878 bits per heavy atom. The number of phenolic OH excluding ortho intramolecular Hbond substituents is 1. The van der Waals surface area contributed by atoms with Crippen LogP contribution in [0.3, 0.4) is 0 Å². The van der Waals surface area contributed by atoms with E-state index in [0.717, 1.165) is 45.9 Å². The van der Waals surface area contributed by atoms with Gasteiger partial charge < -0.3 is 14.6 Å². The molecule has 1 amide bonds. The second-order valence-corrected chi connectivity index (χ2v) is 11.2. The average Bonchev–Trinajstić information content (AvgIpc) is 3.38. The zero-order valence-electron chi connectivity index (χ0n) is 22.8. The SMILES string of the molecule is O=C(CCCOc1ccc(-c2sc3cc(O)ccc3c2C(=O)c2ccc(OCCN3CCCCC3)cc2)cc1)NO. The Balaban J connectivity index is 1.31. The lowest BCUT2D eigenvalue weighted by atomic mass is 9.97. The number of nitrogens with zero attached hydrogens (tertiary/aromatic N) is 1. The number of ketones is 1. The molecule has 2 heterocycles. The van der Waals surface area contributed by atoms with E-state index in [1.54, 1.807) is 35.8 Å². The quantitative estimate of drug-likeness (QED) is 0.0820. The molecule has 4 aromatic rings. The summed E-state index contributed by atoms with van der Waals surface area (Å²) >= 11 is 1.46. The third-order valence-electron chi connectivity index (χ3n) is 7.20. The second-order valence-electron chi connectivity index (χ2n) is 10.1. The molecule has 1 fully saturated rings. The van der Waals surface area contributed by atoms with E-state index in [4.69, 9.17) is 14.7 Å². The predicted molar refractivity (Wildman–Crippen MR) is 159 cm³/mol. The molecular formula is C32H34N2O6S. The zero-order valence-corrected chi connectivity index (χ0v) is 23.6. The molecule has 41 heavy (non-hydrogen) atoms. The van der Waals surface area contributed by atoms with Crippen LogP contribution in [-0.4, -0.2) is 59.8 Å². The summed E-state index contributed by atoms with van der Waals surface area (Å²) in [6.45, 7) is 4.12. The van der Waals surface area contributed by atoms with Crippen LogP contribution >= 0.6 is 11.3 Å². The number of thiophene rings is 1. The van der Waals surface area contributed by atoms with Gasteiger partial charge in [0, 0.05) is 39.1 Å². The smallest absolute Gasteiger partial charge is 0.243 e. The third-order valence-corrected chi connectivity index (χ3v) is 8.40. The molecule has 0 saturated carbocycles. The van der Waals surface area contributed by atoms with Crippen LogP contribution in [0.4, 0.5) is 0 Å². The summed E-state index contributed by atoms with van der Waals surface area (Å²) < 4.78 is 12.5. The van der Waals surface area contributed by atoms with Crippen LogP contribution in [0.25, 0.3) is 20.5 Å². The third kappa shape index (κ3) is 7.24. The molecule has 214 valence electrons. The van der Waals surface area contributed by atoms with Gasteiger partial charge >= 0.3 is 0 Å². The number of fused-ring (bicyclic) bond motifs is 1. The first-order valence-electron chi connectivity index (χ1n) is 13.9. The van der Waals surface area contributed by atoms with Crippen LogP contribution in [-0.2, 0) is 4.79 Å². The largest absolute Gasteiger partial charge is 0.508 e. The predicted octanol–water partition coefficient (Wildman–Crippen LogP) is 6.03. The van der Waals surface area contributed by atoms with Crippen molar-refractivity contribution >= 4 is 33.1 Å². The van der Waals surface area contributed by atoms with Crippen molar-refractivity contribution in [3.8, 4) is 27.7 Å². The Bertz CT molecular complexity index is 1480. The van der Waals surface area contributed by atoms with Gasteiger partial charge in [0.25, 0.3) is 0 Å². The van der Waals surface area contributed by atoms with Gasteiger partial charge in [0.1, 0.15) is 23.9 Å². The number of rotatable bonds is 12. The van der Waals surface area contributed by atoms with Gasteiger partial charge in [-0.15, -0.1) is 11.3 Å². The molecule has 1 saturated heterocycles. The molecule has 0 spiro atoms. The summed E-state index contributed by atoms with van der Waals surface area (Å²) in [5.74, 6) is 0.979. The molecule has 5 rings (SSSR count). The lowest BCUT2D eigenvalue weighted by Crippen LogP contribution is -2.33. The molecule has 3 N–H and O–H groups in total. The minimum atomic E-state index is -0.452. The first-order valence-corrected chi connectivity index (χ1v) is 14.7. The number of ether oxygens (including phenoxy) is 2. The van der Waals surface area contributed by atoms with Gasteiger partial charge in [-0.3, -0.25) is 19.7 Å². The molecule has 1 aliphatic heterocycles. The zero-order chi connectivity index (χ0) is 28.6. The van der Waals surface area contributed by atoms with E-state index in [0.29, 0.717) is 36.5 Å². The number of likely N-dealkylation sites (tertiary alicyclic amines) is 1. The van der Waals surface area contributed by atoms with Gasteiger partial charge in [-0.1, -0.05) is 6.42 Å². The van der Waals surface area contributed by atoms with Gasteiger partial charge in [0.2, 0.25) is 5.91 Å². The van der Waals surface area contributed by atoms with Crippen molar-refractivity contribution in [1.29, 1.82) is 0 Å². The number of hydroxylamine groups is 1. The number of carbonyl (C=O) groups is 2. The number of amides is 1. The van der Waals surface area contributed by atoms with Gasteiger partial charge in [0.15, 0.2) is 5.78 Å². The van der Waals surface area contributed by atoms with Gasteiger partial charge in [0.05, 0.1) is 6.61 Å². The molecule has 0 atom stereocenters. The number of hydrogen-bond donors (Lipinski definition) is 3. The summed E-state index contributed by atoms with van der Waals surface area (Å²) in [4.78, 5) is 28.3. The van der Waals surface area contributed by atoms with E-state index in [2.05, 4.69) is 4.90 Å². The molecule has 9 heteroatoms. The van der Waals surface area contributed by atoms with E-state index >= 15 is 0 Å². The van der Waals surface area contributed by atoms with Crippen molar-refractivity contribution in [2.24, 2.45) is 0 Å². The molecular weight excluding hydrogens is 540 g/mol. The lowest BCUT2D eigenvalue weighted by molar-refractivity contribution is -0.129. The van der Waals surface area contributed by atoms with Crippen molar-refractivity contribution in [2.45, 2.75) is 32.1 Å². The molecule has 0 bridgehead atoms. The molecule has 1 aromatic heterocycles. The topological polar surface area (TPSA) is 108 Å². The number of phenols is 1. The van der Waals surface area contributed by atoms with Crippen molar-refractivity contribution in [3.63, 3.8) is 0 Å². The van der Waals surface area contributed by atoms with Crippen LogP contribution in [0.5, 0.6) is 17.2 Å². The fourth-order valence-electron chi connectivity index (χ4n) is 5.02. The number of hydrogen-bond acceptors (Lipinski definition) is 8. The van der Waals surface area contributed by atoms with Crippen LogP contribution < -0.4 is 15.0 Å². The van der Waals surface area contributed by atoms with Crippen LogP contribution in [0, 0.1) is 0 Å². The van der Waals surface area contributed by atoms with Crippen molar-refractivity contribution in [3.05, 3.63) is 77.9 Å². The number of benzene rings is 3. The van der Waals surface area contributed by atoms with Crippen LogP contribution in [0.15, 0.2) is 66.7 Å². The number of piperidine rings is 1. The number of nitrogens with one attached hydrogen (secondary N) is 1. The van der Waals surface area contributed by atoms with Crippen molar-refractivity contribution in [2.75, 3.05) is 32.8 Å². The molecule has 0 unspecified atom stereocenters. The van der Waals surface area contributed by atoms with E-state index in [9.17, 15) is 14.7 Å². The van der Waals surface area contributed by atoms with E-state index in [1.165, 1.54) is 30.6 Å². The van der Waals surface area contributed by atoms with E-state index < -0.39 is 5.91 Å². The summed E-state index contributed by atoms with van der Waals surface area (Å²) in [6, 6.07) is 19.8. The maximum atomic E-state index is 13.9. The Labute approximate surface area is 243 Å². The van der Waals surface area contributed by atoms with Crippen molar-refractivity contribution in [1.82, 2.24) is 10.4 Å². The lowest BCUT2D eigenvalue weighted by Gasteiger charge is -2.26. The summed E-state index contributed by atoms with van der Waals surface area (Å²) in [5.41, 5.74) is 3.62. The minimum Gasteiger partial charge on any atom is -0.508 e. The molecule has 1 aliphatic rings. The Morgan fingerprint density at radius 2 is 1.56 bits per heavy atom. The molecule has 0 aliphatic carbocycles. The normalized spacial score (nSPS) is 13.7.